The molecule has 0 radical (unpaired) electrons. The Labute approximate surface area is 133 Å². The van der Waals surface area contributed by atoms with Crippen molar-refractivity contribution in [3.8, 4) is 0 Å². The molecule has 0 saturated carbocycles. The first-order valence-electron chi connectivity index (χ1n) is 7.05. The number of nitrogens with one attached hydrogen (secondary N) is 2. The molecule has 0 atom stereocenters. The van der Waals surface area contributed by atoms with Crippen LogP contribution >= 0.6 is 11.3 Å². The van der Waals surface area contributed by atoms with E-state index in [1.165, 1.54) is 11.3 Å². The van der Waals surface area contributed by atoms with Gasteiger partial charge < -0.3 is 16.4 Å². The lowest BCUT2D eigenvalue weighted by Crippen LogP contribution is -2.14. The van der Waals surface area contributed by atoms with Crippen molar-refractivity contribution >= 4 is 34.5 Å². The standard InChI is InChI=1S/C16H19N3O2S/c1-11-10-12(18-15(20)5-2-8-17)6-7-13(11)19-16(21)14-4-3-9-22-14/h3-4,6-7,9-10H,2,5,8,17H2,1H3,(H,18,20)(H,19,21). The third-order valence-electron chi connectivity index (χ3n) is 3.11. The van der Waals surface area contributed by atoms with Gasteiger partial charge in [-0.25, -0.2) is 0 Å². The summed E-state index contributed by atoms with van der Waals surface area (Å²) in [5.41, 5.74) is 7.72. The number of nitrogens with two attached hydrogens (primary N) is 1. The highest BCUT2D eigenvalue weighted by Crippen LogP contribution is 2.21. The fourth-order valence-electron chi connectivity index (χ4n) is 1.96. The maximum atomic E-state index is 12.0. The predicted octanol–water partition coefficient (Wildman–Crippen LogP) is 2.99. The van der Waals surface area contributed by atoms with Crippen molar-refractivity contribution in [3.05, 3.63) is 46.2 Å². The molecule has 0 saturated heterocycles. The van der Waals surface area contributed by atoms with Crippen molar-refractivity contribution in [3.63, 3.8) is 0 Å². The van der Waals surface area contributed by atoms with Gasteiger partial charge in [-0.3, -0.25) is 9.59 Å². The summed E-state index contributed by atoms with van der Waals surface area (Å²) < 4.78 is 0. The van der Waals surface area contributed by atoms with Gasteiger partial charge in [0.05, 0.1) is 4.88 Å². The van der Waals surface area contributed by atoms with Crippen molar-refractivity contribution in [2.24, 2.45) is 5.73 Å². The second-order valence-corrected chi connectivity index (χ2v) is 5.85. The molecule has 0 bridgehead atoms. The minimum atomic E-state index is -0.127. The number of thiophene rings is 1. The molecule has 2 aromatic rings. The molecule has 4 N–H and O–H groups in total. The third-order valence-corrected chi connectivity index (χ3v) is 3.98. The molecule has 116 valence electrons. The van der Waals surface area contributed by atoms with Gasteiger partial charge in [0.25, 0.3) is 5.91 Å². The summed E-state index contributed by atoms with van der Waals surface area (Å²) in [6.45, 7) is 2.39. The first-order valence-corrected chi connectivity index (χ1v) is 7.93. The fourth-order valence-corrected chi connectivity index (χ4v) is 2.58. The second-order valence-electron chi connectivity index (χ2n) is 4.90. The zero-order valence-electron chi connectivity index (χ0n) is 12.4. The highest BCUT2D eigenvalue weighted by Gasteiger charge is 2.09. The molecule has 6 heteroatoms. The lowest BCUT2D eigenvalue weighted by molar-refractivity contribution is -0.116. The summed E-state index contributed by atoms with van der Waals surface area (Å²) in [5.74, 6) is -0.182. The lowest BCUT2D eigenvalue weighted by atomic mass is 10.1. The quantitative estimate of drug-likeness (QED) is 0.766. The minimum Gasteiger partial charge on any atom is -0.330 e. The van der Waals surface area contributed by atoms with Gasteiger partial charge >= 0.3 is 0 Å². The Morgan fingerprint density at radius 1 is 1.23 bits per heavy atom. The van der Waals surface area contributed by atoms with Crippen LogP contribution in [0.3, 0.4) is 0 Å². The van der Waals surface area contributed by atoms with E-state index in [0.29, 0.717) is 30.0 Å². The van der Waals surface area contributed by atoms with Crippen molar-refractivity contribution in [1.82, 2.24) is 0 Å². The van der Waals surface area contributed by atoms with Crippen molar-refractivity contribution in [2.45, 2.75) is 19.8 Å². The minimum absolute atomic E-state index is 0.0554. The molecule has 0 spiro atoms. The van der Waals surface area contributed by atoms with Crippen LogP contribution in [-0.4, -0.2) is 18.4 Å². The molecule has 2 amide bonds. The monoisotopic (exact) mass is 317 g/mol. The van der Waals surface area contributed by atoms with Crippen LogP contribution in [0.4, 0.5) is 11.4 Å². The maximum Gasteiger partial charge on any atom is 0.265 e. The molecular weight excluding hydrogens is 298 g/mol. The van der Waals surface area contributed by atoms with E-state index < -0.39 is 0 Å². The lowest BCUT2D eigenvalue weighted by Gasteiger charge is -2.10. The molecule has 2 rings (SSSR count). The predicted molar refractivity (Wildman–Crippen MR) is 90.4 cm³/mol. The van der Waals surface area contributed by atoms with E-state index in [4.69, 9.17) is 5.73 Å². The van der Waals surface area contributed by atoms with Crippen LogP contribution in [0.25, 0.3) is 0 Å². The number of rotatable bonds is 6. The van der Waals surface area contributed by atoms with Gasteiger partial charge in [0.2, 0.25) is 5.91 Å². The van der Waals surface area contributed by atoms with Crippen molar-refractivity contribution < 1.29 is 9.59 Å². The van der Waals surface area contributed by atoms with Gasteiger partial charge in [-0.2, -0.15) is 0 Å². The highest BCUT2D eigenvalue weighted by atomic mass is 32.1. The van der Waals surface area contributed by atoms with E-state index in [1.807, 2.05) is 24.4 Å². The first kappa shape index (κ1) is 16.2. The summed E-state index contributed by atoms with van der Waals surface area (Å²) >= 11 is 1.40. The van der Waals surface area contributed by atoms with Gasteiger partial charge in [-0.05, 0) is 55.1 Å². The van der Waals surface area contributed by atoms with Gasteiger partial charge in [-0.15, -0.1) is 11.3 Å². The molecule has 0 aliphatic heterocycles. The molecule has 0 fully saturated rings. The fraction of sp³-hybridized carbons (Fsp3) is 0.250. The maximum absolute atomic E-state index is 12.0. The third kappa shape index (κ3) is 4.41. The van der Waals surface area contributed by atoms with E-state index in [0.717, 1.165) is 11.3 Å². The van der Waals surface area contributed by atoms with Crippen molar-refractivity contribution in [2.75, 3.05) is 17.2 Å². The Bertz CT molecular complexity index is 653. The summed E-state index contributed by atoms with van der Waals surface area (Å²) in [4.78, 5) is 24.4. The first-order chi connectivity index (χ1) is 10.6. The van der Waals surface area contributed by atoms with Crippen LogP contribution in [0.15, 0.2) is 35.7 Å². The van der Waals surface area contributed by atoms with E-state index in [2.05, 4.69) is 10.6 Å². The molecule has 0 aliphatic rings. The highest BCUT2D eigenvalue weighted by molar-refractivity contribution is 7.12. The number of carbonyl (C=O) groups is 2. The average molecular weight is 317 g/mol. The van der Waals surface area contributed by atoms with Gasteiger partial charge in [-0.1, -0.05) is 6.07 Å². The smallest absolute Gasteiger partial charge is 0.265 e. The second kappa shape index (κ2) is 7.72. The Balaban J connectivity index is 2.00. The largest absolute Gasteiger partial charge is 0.330 e. The normalized spacial score (nSPS) is 10.3. The summed E-state index contributed by atoms with van der Waals surface area (Å²) in [6, 6.07) is 9.02. The van der Waals surface area contributed by atoms with Gasteiger partial charge in [0.1, 0.15) is 0 Å². The number of hydrogen-bond donors (Lipinski definition) is 3. The Morgan fingerprint density at radius 3 is 2.68 bits per heavy atom. The molecule has 1 aromatic heterocycles. The zero-order chi connectivity index (χ0) is 15.9. The molecule has 1 heterocycles. The van der Waals surface area contributed by atoms with E-state index in [1.54, 1.807) is 18.2 Å². The molecule has 0 unspecified atom stereocenters. The molecule has 5 nitrogen and oxygen atoms in total. The Hall–Kier alpha value is -2.18. The Kier molecular flexibility index (Phi) is 5.68. The number of aryl methyl sites for hydroxylation is 1. The topological polar surface area (TPSA) is 84.2 Å². The number of benzene rings is 1. The molecule has 22 heavy (non-hydrogen) atoms. The van der Waals surface area contributed by atoms with Crippen LogP contribution in [0.5, 0.6) is 0 Å². The number of carbonyl (C=O) groups excluding carboxylic acids is 2. The summed E-state index contributed by atoms with van der Waals surface area (Å²) in [5, 5.41) is 7.55. The Morgan fingerprint density at radius 2 is 2.05 bits per heavy atom. The van der Waals surface area contributed by atoms with Crippen LogP contribution in [0, 0.1) is 6.92 Å². The van der Waals surface area contributed by atoms with Crippen LogP contribution < -0.4 is 16.4 Å². The number of anilines is 2. The zero-order valence-corrected chi connectivity index (χ0v) is 13.2. The number of hydrogen-bond acceptors (Lipinski definition) is 4. The van der Waals surface area contributed by atoms with Gasteiger partial charge in [0.15, 0.2) is 0 Å². The SMILES string of the molecule is Cc1cc(NC(=O)CCCN)ccc1NC(=O)c1cccs1. The van der Waals surface area contributed by atoms with Crippen LogP contribution in [-0.2, 0) is 4.79 Å². The molecule has 1 aromatic carbocycles. The summed E-state index contributed by atoms with van der Waals surface area (Å²) in [7, 11) is 0. The molecule has 0 aliphatic carbocycles. The summed E-state index contributed by atoms with van der Waals surface area (Å²) in [6.07, 6.45) is 1.08. The van der Waals surface area contributed by atoms with Crippen LogP contribution in [0.1, 0.15) is 28.1 Å². The average Bonchev–Trinajstić information content (AvgIpc) is 3.02. The van der Waals surface area contributed by atoms with Crippen molar-refractivity contribution in [1.29, 1.82) is 0 Å². The van der Waals surface area contributed by atoms with Crippen LogP contribution in [0.2, 0.25) is 0 Å². The van der Waals surface area contributed by atoms with E-state index in [9.17, 15) is 9.59 Å². The van der Waals surface area contributed by atoms with Gasteiger partial charge in [0, 0.05) is 17.8 Å². The molecular formula is C16H19N3O2S. The number of amides is 2. The van der Waals surface area contributed by atoms with E-state index in [-0.39, 0.29) is 11.8 Å². The van der Waals surface area contributed by atoms with E-state index >= 15 is 0 Å².